The van der Waals surface area contributed by atoms with E-state index in [4.69, 9.17) is 4.42 Å². The maximum atomic E-state index is 11.3. The topological polar surface area (TPSA) is 59.3 Å². The number of sulfone groups is 1. The van der Waals surface area contributed by atoms with Crippen LogP contribution < -0.4 is 5.32 Å². The molecule has 1 aromatic heterocycles. The van der Waals surface area contributed by atoms with Gasteiger partial charge in [-0.05, 0) is 32.4 Å². The lowest BCUT2D eigenvalue weighted by molar-refractivity contribution is 0.420. The summed E-state index contributed by atoms with van der Waals surface area (Å²) in [7, 11) is -2.98. The minimum Gasteiger partial charge on any atom is -0.459 e. The van der Waals surface area contributed by atoms with E-state index in [1.807, 2.05) is 45.0 Å². The Bertz CT molecular complexity index is 703. The molecule has 5 heteroatoms. The molecule has 0 spiro atoms. The average molecular weight is 295 g/mol. The number of rotatable bonds is 5. The highest BCUT2D eigenvalue weighted by Crippen LogP contribution is 2.29. The standard InChI is InChI=1S/C15H21NO3S/c1-10(9-20(4,17)18)16-12(3)15-11(2)13-7-5-6-8-14(13)19-15/h5-8,10,12,16H,9H2,1-4H3. The molecule has 2 atom stereocenters. The third-order valence-electron chi connectivity index (χ3n) is 3.36. The van der Waals surface area contributed by atoms with E-state index in [1.54, 1.807) is 0 Å². The molecule has 0 amide bonds. The molecule has 1 aromatic carbocycles. The van der Waals surface area contributed by atoms with Gasteiger partial charge in [0.2, 0.25) is 0 Å². The molecule has 2 unspecified atom stereocenters. The molecule has 2 aromatic rings. The number of benzene rings is 1. The lowest BCUT2D eigenvalue weighted by atomic mass is 10.1. The summed E-state index contributed by atoms with van der Waals surface area (Å²) in [4.78, 5) is 0. The number of hydrogen-bond acceptors (Lipinski definition) is 4. The summed E-state index contributed by atoms with van der Waals surface area (Å²) in [6.07, 6.45) is 1.25. The van der Waals surface area contributed by atoms with Crippen molar-refractivity contribution in [3.63, 3.8) is 0 Å². The van der Waals surface area contributed by atoms with Gasteiger partial charge in [-0.2, -0.15) is 0 Å². The zero-order chi connectivity index (χ0) is 14.9. The molecule has 0 saturated carbocycles. The molecule has 110 valence electrons. The Morgan fingerprint density at radius 3 is 2.50 bits per heavy atom. The van der Waals surface area contributed by atoms with Crippen LogP contribution in [0.1, 0.15) is 31.2 Å². The van der Waals surface area contributed by atoms with Crippen LogP contribution in [0.4, 0.5) is 0 Å². The number of fused-ring (bicyclic) bond motifs is 1. The Hall–Kier alpha value is -1.33. The second kappa shape index (κ2) is 5.58. The fourth-order valence-corrected chi connectivity index (χ4v) is 3.62. The zero-order valence-electron chi connectivity index (χ0n) is 12.3. The van der Waals surface area contributed by atoms with E-state index < -0.39 is 9.84 Å². The van der Waals surface area contributed by atoms with Gasteiger partial charge in [-0.15, -0.1) is 0 Å². The van der Waals surface area contributed by atoms with Crippen molar-refractivity contribution in [2.24, 2.45) is 0 Å². The summed E-state index contributed by atoms with van der Waals surface area (Å²) in [5.74, 6) is 0.989. The third-order valence-corrected chi connectivity index (χ3v) is 4.47. The van der Waals surface area contributed by atoms with Gasteiger partial charge in [-0.1, -0.05) is 18.2 Å². The van der Waals surface area contributed by atoms with Gasteiger partial charge >= 0.3 is 0 Å². The van der Waals surface area contributed by atoms with E-state index >= 15 is 0 Å². The maximum absolute atomic E-state index is 11.3. The zero-order valence-corrected chi connectivity index (χ0v) is 13.1. The number of nitrogens with one attached hydrogen (secondary N) is 1. The van der Waals surface area contributed by atoms with Crippen molar-refractivity contribution < 1.29 is 12.8 Å². The van der Waals surface area contributed by atoms with Crippen molar-refractivity contribution in [1.29, 1.82) is 0 Å². The van der Waals surface area contributed by atoms with Crippen molar-refractivity contribution in [2.45, 2.75) is 32.9 Å². The summed E-state index contributed by atoms with van der Waals surface area (Å²) < 4.78 is 28.5. The minimum absolute atomic E-state index is 0.0286. The van der Waals surface area contributed by atoms with E-state index in [2.05, 4.69) is 5.32 Å². The van der Waals surface area contributed by atoms with Gasteiger partial charge in [0.1, 0.15) is 21.2 Å². The van der Waals surface area contributed by atoms with E-state index in [9.17, 15) is 8.42 Å². The summed E-state index contributed by atoms with van der Waals surface area (Å²) >= 11 is 0. The fraction of sp³-hybridized carbons (Fsp3) is 0.467. The minimum atomic E-state index is -2.98. The SMILES string of the molecule is Cc1c(C(C)NC(C)CS(C)(=O)=O)oc2ccccc12. The molecule has 0 saturated heterocycles. The monoisotopic (exact) mass is 295 g/mol. The molecular weight excluding hydrogens is 274 g/mol. The summed E-state index contributed by atoms with van der Waals surface area (Å²) in [6.45, 7) is 5.89. The predicted molar refractivity (Wildman–Crippen MR) is 81.7 cm³/mol. The predicted octanol–water partition coefficient (Wildman–Crippen LogP) is 2.82. The van der Waals surface area contributed by atoms with E-state index in [0.717, 1.165) is 22.3 Å². The molecule has 1 N–H and O–H groups in total. The van der Waals surface area contributed by atoms with Gasteiger partial charge in [0.05, 0.1) is 11.8 Å². The van der Waals surface area contributed by atoms with Gasteiger partial charge < -0.3 is 9.73 Å². The maximum Gasteiger partial charge on any atom is 0.148 e. The van der Waals surface area contributed by atoms with Crippen LogP contribution in [0.2, 0.25) is 0 Å². The Balaban J connectivity index is 2.19. The number of furan rings is 1. The normalized spacial score (nSPS) is 15.4. The summed E-state index contributed by atoms with van der Waals surface area (Å²) in [6, 6.07) is 7.76. The number of para-hydroxylation sites is 1. The molecule has 0 aliphatic heterocycles. The van der Waals surface area contributed by atoms with Crippen molar-refractivity contribution in [3.05, 3.63) is 35.6 Å². The Labute approximate surface area is 120 Å². The fourth-order valence-electron chi connectivity index (χ4n) is 2.61. The van der Waals surface area contributed by atoms with E-state index in [-0.39, 0.29) is 17.8 Å². The van der Waals surface area contributed by atoms with Crippen LogP contribution in [-0.2, 0) is 9.84 Å². The van der Waals surface area contributed by atoms with Crippen LogP contribution in [0.25, 0.3) is 11.0 Å². The van der Waals surface area contributed by atoms with Crippen molar-refractivity contribution in [2.75, 3.05) is 12.0 Å². The molecule has 2 rings (SSSR count). The van der Waals surface area contributed by atoms with Crippen LogP contribution in [0.3, 0.4) is 0 Å². The lowest BCUT2D eigenvalue weighted by Gasteiger charge is -2.18. The largest absolute Gasteiger partial charge is 0.459 e. The van der Waals surface area contributed by atoms with Crippen molar-refractivity contribution in [3.8, 4) is 0 Å². The molecule has 4 nitrogen and oxygen atoms in total. The highest BCUT2D eigenvalue weighted by molar-refractivity contribution is 7.90. The average Bonchev–Trinajstić information content (AvgIpc) is 2.65. The van der Waals surface area contributed by atoms with E-state index in [1.165, 1.54) is 6.26 Å². The first-order chi connectivity index (χ1) is 9.28. The van der Waals surface area contributed by atoms with Gasteiger partial charge in [-0.3, -0.25) is 0 Å². The number of hydrogen-bond donors (Lipinski definition) is 1. The molecule has 1 heterocycles. The first kappa shape index (κ1) is 15.1. The second-order valence-electron chi connectivity index (χ2n) is 5.47. The molecule has 0 bridgehead atoms. The lowest BCUT2D eigenvalue weighted by Crippen LogP contribution is -2.34. The molecule has 20 heavy (non-hydrogen) atoms. The third kappa shape index (κ3) is 3.41. The van der Waals surface area contributed by atoms with Gasteiger partial charge in [0.25, 0.3) is 0 Å². The molecular formula is C15H21NO3S. The highest BCUT2D eigenvalue weighted by Gasteiger charge is 2.19. The molecule has 0 fully saturated rings. The van der Waals surface area contributed by atoms with Gasteiger partial charge in [0, 0.05) is 17.7 Å². The smallest absolute Gasteiger partial charge is 0.148 e. The van der Waals surface area contributed by atoms with Crippen LogP contribution >= 0.6 is 0 Å². The van der Waals surface area contributed by atoms with Crippen molar-refractivity contribution in [1.82, 2.24) is 5.32 Å². The molecule has 0 aliphatic rings. The molecule has 0 aliphatic carbocycles. The Morgan fingerprint density at radius 1 is 1.25 bits per heavy atom. The second-order valence-corrected chi connectivity index (χ2v) is 7.65. The quantitative estimate of drug-likeness (QED) is 0.921. The van der Waals surface area contributed by atoms with Gasteiger partial charge in [0.15, 0.2) is 0 Å². The van der Waals surface area contributed by atoms with Crippen LogP contribution in [0, 0.1) is 6.92 Å². The van der Waals surface area contributed by atoms with Crippen LogP contribution in [0.15, 0.2) is 28.7 Å². The van der Waals surface area contributed by atoms with Crippen LogP contribution in [-0.4, -0.2) is 26.5 Å². The Morgan fingerprint density at radius 2 is 1.90 bits per heavy atom. The highest BCUT2D eigenvalue weighted by atomic mass is 32.2. The van der Waals surface area contributed by atoms with E-state index in [0.29, 0.717) is 0 Å². The summed E-state index contributed by atoms with van der Waals surface area (Å²) in [5, 5.41) is 4.39. The molecule has 0 radical (unpaired) electrons. The van der Waals surface area contributed by atoms with Crippen molar-refractivity contribution >= 4 is 20.8 Å². The Kier molecular flexibility index (Phi) is 4.20. The first-order valence-electron chi connectivity index (χ1n) is 6.69. The van der Waals surface area contributed by atoms with Gasteiger partial charge in [-0.25, -0.2) is 8.42 Å². The number of aryl methyl sites for hydroxylation is 1. The first-order valence-corrected chi connectivity index (χ1v) is 8.76. The summed E-state index contributed by atoms with van der Waals surface area (Å²) in [5.41, 5.74) is 1.97. The van der Waals surface area contributed by atoms with Crippen LogP contribution in [0.5, 0.6) is 0 Å².